The Morgan fingerprint density at radius 2 is 0.741 bits per heavy atom. The summed E-state index contributed by atoms with van der Waals surface area (Å²) in [7, 11) is 0. The summed E-state index contributed by atoms with van der Waals surface area (Å²) in [6.45, 7) is 4.43. The Labute approximate surface area is 338 Å². The molecule has 2 nitrogen and oxygen atoms in total. The van der Waals surface area contributed by atoms with Crippen LogP contribution in [0.15, 0.2) is 24.3 Å². The normalized spacial score (nSPS) is 28.3. The summed E-state index contributed by atoms with van der Waals surface area (Å²) in [6, 6.07) is 1.87. The van der Waals surface area contributed by atoms with Crippen molar-refractivity contribution in [1.82, 2.24) is 0 Å². The van der Waals surface area contributed by atoms with Crippen LogP contribution in [0.2, 0.25) is 0 Å². The second-order valence-corrected chi connectivity index (χ2v) is 17.8. The Hall–Kier alpha value is -2.66. The van der Waals surface area contributed by atoms with E-state index in [-0.39, 0.29) is 0 Å². The second kappa shape index (κ2) is 21.2. The number of rotatable bonds is 14. The maximum absolute atomic E-state index is 14.6. The van der Waals surface area contributed by atoms with E-state index in [1.54, 1.807) is 0 Å². The summed E-state index contributed by atoms with van der Waals surface area (Å²) >= 11 is 0. The number of unbranched alkanes of at least 4 members (excludes halogenated alkanes) is 2. The lowest BCUT2D eigenvalue weighted by molar-refractivity contribution is -0.225. The lowest BCUT2D eigenvalue weighted by atomic mass is 9.68. The van der Waals surface area contributed by atoms with E-state index in [0.29, 0.717) is 73.6 Å². The predicted molar refractivity (Wildman–Crippen MR) is 205 cm³/mol. The minimum absolute atomic E-state index is 0.332. The predicted octanol–water partition coefficient (Wildman–Crippen LogP) is 15.8. The molecule has 4 fully saturated rings. The molecule has 0 aromatic heterocycles. The van der Waals surface area contributed by atoms with Crippen LogP contribution >= 0.6 is 0 Å². The molecule has 0 spiro atoms. The van der Waals surface area contributed by atoms with Crippen molar-refractivity contribution in [2.75, 3.05) is 0 Å². The van der Waals surface area contributed by atoms with Gasteiger partial charge in [-0.25, -0.2) is 26.3 Å². The van der Waals surface area contributed by atoms with Crippen molar-refractivity contribution in [2.24, 2.45) is 47.3 Å². The van der Waals surface area contributed by atoms with Crippen molar-refractivity contribution in [3.8, 4) is 11.5 Å². The third-order valence-electron chi connectivity index (χ3n) is 13.9. The van der Waals surface area contributed by atoms with E-state index in [4.69, 9.17) is 0 Å². The first-order chi connectivity index (χ1) is 27.6. The quantitative estimate of drug-likeness (QED) is 0.107. The van der Waals surface area contributed by atoms with Crippen molar-refractivity contribution >= 4 is 0 Å². The van der Waals surface area contributed by atoms with Crippen LogP contribution < -0.4 is 9.47 Å². The number of hydrogen-bond donors (Lipinski definition) is 0. The molecule has 4 saturated carbocycles. The van der Waals surface area contributed by atoms with Crippen LogP contribution in [0.5, 0.6) is 11.5 Å². The topological polar surface area (TPSA) is 18.5 Å². The fourth-order valence-corrected chi connectivity index (χ4v) is 10.5. The van der Waals surface area contributed by atoms with Gasteiger partial charge in [0, 0.05) is 24.3 Å². The summed E-state index contributed by atoms with van der Waals surface area (Å²) in [6.07, 6.45) is 14.7. The maximum atomic E-state index is 14.6. The Bertz CT molecular complexity index is 1510. The second-order valence-electron chi connectivity index (χ2n) is 17.8. The van der Waals surface area contributed by atoms with Crippen molar-refractivity contribution in [3.63, 3.8) is 0 Å². The first kappa shape index (κ1) is 46.4. The van der Waals surface area contributed by atoms with E-state index >= 15 is 0 Å². The van der Waals surface area contributed by atoms with Crippen LogP contribution in [0.4, 0.5) is 43.9 Å². The van der Waals surface area contributed by atoms with Gasteiger partial charge in [-0.3, -0.25) is 0 Å². The summed E-state index contributed by atoms with van der Waals surface area (Å²) < 4.78 is 146. The van der Waals surface area contributed by atoms with E-state index in [2.05, 4.69) is 23.3 Å². The summed E-state index contributed by atoms with van der Waals surface area (Å²) in [4.78, 5) is 0. The van der Waals surface area contributed by atoms with Crippen LogP contribution in [-0.2, 0) is 0 Å². The van der Waals surface area contributed by atoms with Gasteiger partial charge in [0.15, 0.2) is 34.9 Å². The van der Waals surface area contributed by atoms with Gasteiger partial charge in [-0.05, 0) is 113 Å². The van der Waals surface area contributed by atoms with Crippen LogP contribution in [0.3, 0.4) is 0 Å². The molecule has 0 heterocycles. The minimum Gasteiger partial charge on any atom is -0.432 e. The number of hydrogen-bond acceptors (Lipinski definition) is 2. The SMILES string of the molecule is CCCC1CCC(C2CCC(C(F)(F)Oc3cc(F)c(F)c(F)c3)CC2)CC1.CCCCCC1CCC(C2CCC(C(F)(F)Oc3cc(F)c(F)c(F)c3)CC2)CC1. The fraction of sp³-hybridized carbons (Fsp3) is 0.739. The molecule has 2 aromatic rings. The molecule has 0 radical (unpaired) electrons. The van der Waals surface area contributed by atoms with Gasteiger partial charge in [0.1, 0.15) is 11.5 Å². The molecule has 0 aliphatic heterocycles. The third kappa shape index (κ3) is 12.7. The van der Waals surface area contributed by atoms with Crippen molar-refractivity contribution < 1.29 is 53.4 Å². The molecule has 6 rings (SSSR count). The Morgan fingerprint density at radius 1 is 0.431 bits per heavy atom. The molecular formula is C46H62F10O2. The molecule has 0 N–H and O–H groups in total. The standard InChI is InChI=1S/C24H33F5O.C22H29F5O/c1-2-3-4-5-16-6-8-17(9-7-16)18-10-12-19(13-11-18)24(28,29)30-20-14-21(25)23(27)22(26)15-20;1-2-3-14-4-6-15(7-5-14)16-8-10-17(11-9-16)22(26,27)28-18-12-19(23)21(25)20(24)13-18/h14-19H,2-13H2,1H3;12-17H,2-11H2,1H3. The fourth-order valence-electron chi connectivity index (χ4n) is 10.5. The van der Waals surface area contributed by atoms with Crippen molar-refractivity contribution in [1.29, 1.82) is 0 Å². The summed E-state index contributed by atoms with van der Waals surface area (Å²) in [5.41, 5.74) is 0. The highest BCUT2D eigenvalue weighted by Crippen LogP contribution is 2.48. The molecule has 58 heavy (non-hydrogen) atoms. The molecule has 0 atom stereocenters. The zero-order valence-electron chi connectivity index (χ0n) is 34.1. The average Bonchev–Trinajstić information content (AvgIpc) is 3.20. The first-order valence-corrected chi connectivity index (χ1v) is 22.0. The highest BCUT2D eigenvalue weighted by atomic mass is 19.3. The van der Waals surface area contributed by atoms with Gasteiger partial charge in [0.25, 0.3) is 0 Å². The number of alkyl halides is 4. The Kier molecular flexibility index (Phi) is 17.0. The Morgan fingerprint density at radius 3 is 1.05 bits per heavy atom. The first-order valence-electron chi connectivity index (χ1n) is 22.0. The van der Waals surface area contributed by atoms with Crippen LogP contribution in [0, 0.1) is 82.2 Å². The summed E-state index contributed by atoms with van der Waals surface area (Å²) in [5.74, 6) is -8.98. The highest BCUT2D eigenvalue weighted by Gasteiger charge is 2.46. The highest BCUT2D eigenvalue weighted by molar-refractivity contribution is 5.26. The number of ether oxygens (including phenoxy) is 2. The third-order valence-corrected chi connectivity index (χ3v) is 13.9. The molecule has 0 saturated heterocycles. The molecule has 0 unspecified atom stereocenters. The largest absolute Gasteiger partial charge is 0.432 e. The molecule has 0 amide bonds. The Balaban J connectivity index is 0.000000221. The molecule has 12 heteroatoms. The van der Waals surface area contributed by atoms with Gasteiger partial charge < -0.3 is 9.47 Å². The van der Waals surface area contributed by atoms with E-state index in [9.17, 15) is 43.9 Å². The molecule has 4 aliphatic rings. The lowest BCUT2D eigenvalue weighted by Crippen LogP contribution is -2.38. The van der Waals surface area contributed by atoms with Gasteiger partial charge in [0.05, 0.1) is 11.8 Å². The van der Waals surface area contributed by atoms with Gasteiger partial charge in [0.2, 0.25) is 0 Å². The van der Waals surface area contributed by atoms with E-state index in [1.165, 1.54) is 89.9 Å². The van der Waals surface area contributed by atoms with Crippen LogP contribution in [-0.4, -0.2) is 12.2 Å². The maximum Gasteiger partial charge on any atom is 0.400 e. The zero-order valence-corrected chi connectivity index (χ0v) is 34.1. The molecule has 0 bridgehead atoms. The molecular weight excluding hydrogens is 774 g/mol. The smallest absolute Gasteiger partial charge is 0.400 e. The van der Waals surface area contributed by atoms with Gasteiger partial charge in [-0.1, -0.05) is 78.1 Å². The van der Waals surface area contributed by atoms with Crippen molar-refractivity contribution in [2.45, 2.75) is 167 Å². The lowest BCUT2D eigenvalue weighted by Gasteiger charge is -2.39. The number of benzene rings is 2. The van der Waals surface area contributed by atoms with Crippen molar-refractivity contribution in [3.05, 3.63) is 59.2 Å². The molecule has 4 aliphatic carbocycles. The van der Waals surface area contributed by atoms with Crippen LogP contribution in [0.25, 0.3) is 0 Å². The zero-order chi connectivity index (χ0) is 42.0. The van der Waals surface area contributed by atoms with E-state index in [1.807, 2.05) is 0 Å². The monoisotopic (exact) mass is 836 g/mol. The van der Waals surface area contributed by atoms with Crippen LogP contribution in [0.1, 0.15) is 155 Å². The molecule has 2 aromatic carbocycles. The molecule has 328 valence electrons. The van der Waals surface area contributed by atoms with Gasteiger partial charge in [-0.2, -0.15) is 17.6 Å². The van der Waals surface area contributed by atoms with Gasteiger partial charge in [-0.15, -0.1) is 0 Å². The minimum atomic E-state index is -3.53. The number of halogens is 10. The summed E-state index contributed by atoms with van der Waals surface area (Å²) in [5, 5.41) is 0. The van der Waals surface area contributed by atoms with E-state index < -0.39 is 70.5 Å². The van der Waals surface area contributed by atoms with Gasteiger partial charge >= 0.3 is 12.2 Å². The average molecular weight is 837 g/mol. The van der Waals surface area contributed by atoms with E-state index in [0.717, 1.165) is 37.5 Å².